The molecule has 0 aliphatic heterocycles. The summed E-state index contributed by atoms with van der Waals surface area (Å²) in [5.41, 5.74) is 1.24. The minimum Gasteiger partial charge on any atom is -0.492 e. The van der Waals surface area contributed by atoms with Gasteiger partial charge in [-0.3, -0.25) is 0 Å². The Kier molecular flexibility index (Phi) is 7.25. The normalized spacial score (nSPS) is 9.29. The number of halogens is 1. The van der Waals surface area contributed by atoms with Gasteiger partial charge in [0.05, 0.1) is 0 Å². The van der Waals surface area contributed by atoms with Crippen molar-refractivity contribution in [3.8, 4) is 5.75 Å². The molecule has 0 atom stereocenters. The Morgan fingerprint density at radius 2 is 2.14 bits per heavy atom. The molecule has 0 heterocycles. The third-order valence-electron chi connectivity index (χ3n) is 1.79. The topological polar surface area (TPSA) is 21.3 Å². The molecule has 0 aromatic heterocycles. The van der Waals surface area contributed by atoms with Gasteiger partial charge in [0.1, 0.15) is 12.4 Å². The Bertz CT molecular complexity index is 253. The monoisotopic (exact) mass is 215 g/mol. The molecular weight excluding hydrogens is 198 g/mol. The molecule has 2 nitrogen and oxygen atoms in total. The molecule has 0 saturated heterocycles. The Labute approximate surface area is 92.1 Å². The van der Waals surface area contributed by atoms with Crippen molar-refractivity contribution in [2.75, 3.05) is 19.7 Å². The largest absolute Gasteiger partial charge is 0.492 e. The van der Waals surface area contributed by atoms with E-state index in [9.17, 15) is 0 Å². The summed E-state index contributed by atoms with van der Waals surface area (Å²) in [6.07, 6.45) is 0. The first-order valence-corrected chi connectivity index (χ1v) is 4.73. The van der Waals surface area contributed by atoms with Crippen LogP contribution in [-0.2, 0) is 0 Å². The van der Waals surface area contributed by atoms with Gasteiger partial charge in [0.2, 0.25) is 0 Å². The molecule has 1 aromatic rings. The fraction of sp³-hybridized carbons (Fsp3) is 0.455. The number of aryl methyl sites for hydroxylation is 1. The lowest BCUT2D eigenvalue weighted by Crippen LogP contribution is -2.20. The smallest absolute Gasteiger partial charge is 0.119 e. The molecule has 14 heavy (non-hydrogen) atoms. The summed E-state index contributed by atoms with van der Waals surface area (Å²) in [6, 6.07) is 8.11. The summed E-state index contributed by atoms with van der Waals surface area (Å²) < 4.78 is 5.53. The number of ether oxygens (including phenoxy) is 1. The van der Waals surface area contributed by atoms with Crippen LogP contribution in [0, 0.1) is 6.92 Å². The highest BCUT2D eigenvalue weighted by Crippen LogP contribution is 2.11. The summed E-state index contributed by atoms with van der Waals surface area (Å²) in [5, 5.41) is 3.21. The number of likely N-dealkylation sites (N-methyl/N-ethyl adjacent to an activating group) is 1. The third kappa shape index (κ3) is 5.10. The van der Waals surface area contributed by atoms with Crippen molar-refractivity contribution in [3.05, 3.63) is 29.8 Å². The molecule has 80 valence electrons. The second kappa shape index (κ2) is 7.65. The van der Waals surface area contributed by atoms with Crippen molar-refractivity contribution in [3.63, 3.8) is 0 Å². The van der Waals surface area contributed by atoms with Crippen LogP contribution in [0.4, 0.5) is 0 Å². The molecule has 0 amide bonds. The highest BCUT2D eigenvalue weighted by molar-refractivity contribution is 5.85. The van der Waals surface area contributed by atoms with Gasteiger partial charge in [-0.15, -0.1) is 12.4 Å². The zero-order chi connectivity index (χ0) is 9.52. The second-order valence-electron chi connectivity index (χ2n) is 3.02. The zero-order valence-corrected chi connectivity index (χ0v) is 9.56. The van der Waals surface area contributed by atoms with Crippen LogP contribution < -0.4 is 10.1 Å². The standard InChI is InChI=1S/C11H17NO.ClH/c1-3-12-7-8-13-11-6-4-5-10(2)9-11;/h4-6,9,12H,3,7-8H2,1-2H3;1H. The van der Waals surface area contributed by atoms with Crippen molar-refractivity contribution >= 4 is 12.4 Å². The fourth-order valence-electron chi connectivity index (χ4n) is 1.12. The van der Waals surface area contributed by atoms with Crippen LogP contribution in [-0.4, -0.2) is 19.7 Å². The zero-order valence-electron chi connectivity index (χ0n) is 8.75. The van der Waals surface area contributed by atoms with Crippen molar-refractivity contribution < 1.29 is 4.74 Å². The van der Waals surface area contributed by atoms with Crippen molar-refractivity contribution in [1.82, 2.24) is 5.32 Å². The summed E-state index contributed by atoms with van der Waals surface area (Å²) in [7, 11) is 0. The molecule has 3 heteroatoms. The Balaban J connectivity index is 0.00000169. The predicted octanol–water partition coefficient (Wildman–Crippen LogP) is 2.41. The van der Waals surface area contributed by atoms with Crippen molar-refractivity contribution in [1.29, 1.82) is 0 Å². The van der Waals surface area contributed by atoms with E-state index in [0.717, 1.165) is 25.4 Å². The van der Waals surface area contributed by atoms with Gasteiger partial charge in [-0.2, -0.15) is 0 Å². The van der Waals surface area contributed by atoms with E-state index in [4.69, 9.17) is 4.74 Å². The summed E-state index contributed by atoms with van der Waals surface area (Å²) in [5.74, 6) is 0.956. The molecule has 0 bridgehead atoms. The molecular formula is C11H18ClNO. The van der Waals surface area contributed by atoms with E-state index in [1.54, 1.807) is 0 Å². The molecule has 1 aromatic carbocycles. The van der Waals surface area contributed by atoms with E-state index in [-0.39, 0.29) is 12.4 Å². The Morgan fingerprint density at radius 1 is 1.36 bits per heavy atom. The van der Waals surface area contributed by atoms with Gasteiger partial charge in [-0.05, 0) is 31.2 Å². The van der Waals surface area contributed by atoms with Gasteiger partial charge >= 0.3 is 0 Å². The fourth-order valence-corrected chi connectivity index (χ4v) is 1.12. The molecule has 0 fully saturated rings. The van der Waals surface area contributed by atoms with Gasteiger partial charge in [0.15, 0.2) is 0 Å². The molecule has 0 unspecified atom stereocenters. The van der Waals surface area contributed by atoms with E-state index in [0.29, 0.717) is 0 Å². The summed E-state index contributed by atoms with van der Waals surface area (Å²) >= 11 is 0. The first-order chi connectivity index (χ1) is 6.33. The minimum absolute atomic E-state index is 0. The highest BCUT2D eigenvalue weighted by atomic mass is 35.5. The van der Waals surface area contributed by atoms with Gasteiger partial charge in [-0.1, -0.05) is 19.1 Å². The number of nitrogens with one attached hydrogen (secondary N) is 1. The Morgan fingerprint density at radius 3 is 2.79 bits per heavy atom. The van der Waals surface area contributed by atoms with Crippen LogP contribution in [0.1, 0.15) is 12.5 Å². The SMILES string of the molecule is CCNCCOc1cccc(C)c1.Cl. The second-order valence-corrected chi connectivity index (χ2v) is 3.02. The van der Waals surface area contributed by atoms with Gasteiger partial charge in [0.25, 0.3) is 0 Å². The lowest BCUT2D eigenvalue weighted by atomic mass is 10.2. The third-order valence-corrected chi connectivity index (χ3v) is 1.79. The van der Waals surface area contributed by atoms with Crippen LogP contribution >= 0.6 is 12.4 Å². The number of hydrogen-bond donors (Lipinski definition) is 1. The van der Waals surface area contributed by atoms with Crippen LogP contribution in [0.5, 0.6) is 5.75 Å². The molecule has 0 saturated carbocycles. The summed E-state index contributed by atoms with van der Waals surface area (Å²) in [6.45, 7) is 6.79. The lowest BCUT2D eigenvalue weighted by Gasteiger charge is -2.06. The van der Waals surface area contributed by atoms with Gasteiger partial charge in [0, 0.05) is 6.54 Å². The highest BCUT2D eigenvalue weighted by Gasteiger charge is 1.92. The number of benzene rings is 1. The van der Waals surface area contributed by atoms with Gasteiger partial charge in [-0.25, -0.2) is 0 Å². The maximum absolute atomic E-state index is 5.53. The maximum Gasteiger partial charge on any atom is 0.119 e. The van der Waals surface area contributed by atoms with E-state index in [1.807, 2.05) is 18.2 Å². The van der Waals surface area contributed by atoms with Crippen molar-refractivity contribution in [2.24, 2.45) is 0 Å². The average Bonchev–Trinajstić information content (AvgIpc) is 2.13. The van der Waals surface area contributed by atoms with Crippen molar-refractivity contribution in [2.45, 2.75) is 13.8 Å². The lowest BCUT2D eigenvalue weighted by molar-refractivity contribution is 0.315. The maximum atomic E-state index is 5.53. The molecule has 0 aliphatic rings. The van der Waals surface area contributed by atoms with E-state index < -0.39 is 0 Å². The van der Waals surface area contributed by atoms with Gasteiger partial charge < -0.3 is 10.1 Å². The number of hydrogen-bond acceptors (Lipinski definition) is 2. The number of rotatable bonds is 5. The van der Waals surface area contributed by atoms with E-state index in [2.05, 4.69) is 25.2 Å². The van der Waals surface area contributed by atoms with E-state index >= 15 is 0 Å². The minimum atomic E-state index is 0. The van der Waals surface area contributed by atoms with E-state index in [1.165, 1.54) is 5.56 Å². The van der Waals surface area contributed by atoms with Crippen LogP contribution in [0.2, 0.25) is 0 Å². The quantitative estimate of drug-likeness (QED) is 0.762. The Hall–Kier alpha value is -0.730. The van der Waals surface area contributed by atoms with Crippen LogP contribution in [0.3, 0.4) is 0 Å². The molecule has 0 spiro atoms. The first-order valence-electron chi connectivity index (χ1n) is 4.73. The van der Waals surface area contributed by atoms with Crippen LogP contribution in [0.15, 0.2) is 24.3 Å². The molecule has 1 N–H and O–H groups in total. The first kappa shape index (κ1) is 13.3. The van der Waals surface area contributed by atoms with Crippen LogP contribution in [0.25, 0.3) is 0 Å². The average molecular weight is 216 g/mol. The molecule has 0 aliphatic carbocycles. The molecule has 0 radical (unpaired) electrons. The predicted molar refractivity (Wildman–Crippen MR) is 62.5 cm³/mol. The summed E-state index contributed by atoms with van der Waals surface area (Å²) in [4.78, 5) is 0. The molecule has 1 rings (SSSR count).